The van der Waals surface area contributed by atoms with Crippen molar-refractivity contribution in [1.29, 1.82) is 0 Å². The van der Waals surface area contributed by atoms with E-state index < -0.39 is 0 Å². The number of pyridine rings is 1. The Morgan fingerprint density at radius 1 is 0.411 bits per heavy atom. The van der Waals surface area contributed by atoms with Crippen LogP contribution in [-0.2, 0) is 0 Å². The highest BCUT2D eigenvalue weighted by molar-refractivity contribution is 6.13. The quantitative estimate of drug-likeness (QED) is 0.172. The first-order valence-electron chi connectivity index (χ1n) is 18.8. The minimum absolute atomic E-state index is 0.651. The number of furan rings is 1. The molecule has 4 aromatic heterocycles. The molecular formula is C51H32N4O. The number of aromatic nitrogens is 4. The fourth-order valence-electron chi connectivity index (χ4n) is 8.13. The Labute approximate surface area is 322 Å². The van der Waals surface area contributed by atoms with Crippen LogP contribution in [0.4, 0.5) is 0 Å². The molecule has 0 aliphatic heterocycles. The summed E-state index contributed by atoms with van der Waals surface area (Å²) in [5, 5.41) is 9.54. The number of para-hydroxylation sites is 2. The number of benzene rings is 7. The number of nitrogens with zero attached hydrogens (tertiary/aromatic N) is 4. The average Bonchev–Trinajstić information content (AvgIpc) is 3.89. The zero-order valence-corrected chi connectivity index (χ0v) is 30.2. The van der Waals surface area contributed by atoms with E-state index in [-0.39, 0.29) is 0 Å². The van der Waals surface area contributed by atoms with Gasteiger partial charge in [0.2, 0.25) is 0 Å². The minimum atomic E-state index is 0.651. The van der Waals surface area contributed by atoms with Crippen LogP contribution in [0.3, 0.4) is 0 Å². The van der Waals surface area contributed by atoms with Crippen molar-refractivity contribution in [2.45, 2.75) is 0 Å². The lowest BCUT2D eigenvalue weighted by atomic mass is 9.91. The molecule has 0 N–H and O–H groups in total. The lowest BCUT2D eigenvalue weighted by molar-refractivity contribution is 0.670. The van der Waals surface area contributed by atoms with E-state index in [4.69, 9.17) is 19.5 Å². The monoisotopic (exact) mass is 716 g/mol. The number of fused-ring (bicyclic) bond motifs is 6. The molecule has 0 amide bonds. The second kappa shape index (κ2) is 13.0. The van der Waals surface area contributed by atoms with Crippen molar-refractivity contribution in [2.24, 2.45) is 0 Å². The maximum Gasteiger partial charge on any atom is 0.160 e. The third-order valence-corrected chi connectivity index (χ3v) is 10.7. The lowest BCUT2D eigenvalue weighted by Crippen LogP contribution is -2.00. The Morgan fingerprint density at radius 3 is 1.79 bits per heavy atom. The third-order valence-electron chi connectivity index (χ3n) is 10.7. The second-order valence-electron chi connectivity index (χ2n) is 14.0. The molecule has 0 aliphatic rings. The van der Waals surface area contributed by atoms with Crippen LogP contribution < -0.4 is 0 Å². The van der Waals surface area contributed by atoms with Gasteiger partial charge in [0.15, 0.2) is 5.82 Å². The molecule has 4 heterocycles. The van der Waals surface area contributed by atoms with E-state index in [2.05, 4.69) is 156 Å². The van der Waals surface area contributed by atoms with E-state index in [0.29, 0.717) is 5.82 Å². The predicted octanol–water partition coefficient (Wildman–Crippen LogP) is 13.2. The third kappa shape index (κ3) is 5.21. The van der Waals surface area contributed by atoms with Crippen LogP contribution in [0.25, 0.3) is 106 Å². The number of rotatable bonds is 6. The summed E-state index contributed by atoms with van der Waals surface area (Å²) in [4.78, 5) is 10.4. The largest absolute Gasteiger partial charge is 0.455 e. The molecule has 0 aliphatic carbocycles. The smallest absolute Gasteiger partial charge is 0.160 e. The first-order chi connectivity index (χ1) is 27.8. The van der Waals surface area contributed by atoms with E-state index in [0.717, 1.165) is 99.8 Å². The summed E-state index contributed by atoms with van der Waals surface area (Å²) in [6.07, 6.45) is 2.00. The zero-order chi connectivity index (χ0) is 37.0. The van der Waals surface area contributed by atoms with Crippen LogP contribution in [0.15, 0.2) is 199 Å². The van der Waals surface area contributed by atoms with Crippen molar-refractivity contribution >= 4 is 38.2 Å². The van der Waals surface area contributed by atoms with Crippen molar-refractivity contribution < 1.29 is 4.42 Å². The zero-order valence-electron chi connectivity index (χ0n) is 30.2. The molecule has 5 heteroatoms. The van der Waals surface area contributed by atoms with Gasteiger partial charge in [-0.15, -0.1) is 0 Å². The molecular weight excluding hydrogens is 685 g/mol. The second-order valence-corrected chi connectivity index (χ2v) is 14.0. The van der Waals surface area contributed by atoms with Gasteiger partial charge in [0, 0.05) is 49.5 Å². The summed E-state index contributed by atoms with van der Waals surface area (Å²) in [7, 11) is 0. The summed E-state index contributed by atoms with van der Waals surface area (Å²) >= 11 is 0. The normalized spacial score (nSPS) is 11.6. The standard InChI is InChI=1S/C51H32N4O/c1-4-16-33(17-5-1)43-32-52-55-48(34-18-6-2-7-19-34)47(39-25-10-11-26-40(39)49(43)55)37-23-14-22-36(30-37)44-31-45(54-51(53-44)35-20-8-3-9-21-35)42-28-15-27-41-38-24-12-13-29-46(38)56-50(41)42/h1-32H. The maximum atomic E-state index is 6.50. The highest BCUT2D eigenvalue weighted by Gasteiger charge is 2.22. The average molecular weight is 717 g/mol. The van der Waals surface area contributed by atoms with Gasteiger partial charge in [-0.3, -0.25) is 0 Å². The van der Waals surface area contributed by atoms with Gasteiger partial charge in [-0.2, -0.15) is 5.10 Å². The molecule has 11 aromatic rings. The topological polar surface area (TPSA) is 56.2 Å². The van der Waals surface area contributed by atoms with Gasteiger partial charge >= 0.3 is 0 Å². The molecule has 0 spiro atoms. The summed E-state index contributed by atoms with van der Waals surface area (Å²) in [6, 6.07) is 65.2. The van der Waals surface area contributed by atoms with Gasteiger partial charge in [-0.25, -0.2) is 14.5 Å². The Morgan fingerprint density at radius 2 is 1.00 bits per heavy atom. The van der Waals surface area contributed by atoms with Crippen molar-refractivity contribution in [3.8, 4) is 67.4 Å². The predicted molar refractivity (Wildman–Crippen MR) is 228 cm³/mol. The summed E-state index contributed by atoms with van der Waals surface area (Å²) in [6.45, 7) is 0. The Balaban J connectivity index is 1.16. The highest BCUT2D eigenvalue weighted by Crippen LogP contribution is 2.44. The fraction of sp³-hybridized carbons (Fsp3) is 0. The molecule has 0 fully saturated rings. The van der Waals surface area contributed by atoms with Crippen LogP contribution in [0.2, 0.25) is 0 Å². The van der Waals surface area contributed by atoms with Gasteiger partial charge in [-0.05, 0) is 40.8 Å². The SMILES string of the molecule is c1ccc(-c2nc(-c3cccc(-c4c(-c5ccccc5)n5ncc(-c6ccccc6)c5c5ccccc45)c3)cc(-c3cccc4c3oc3ccccc34)n2)cc1. The molecule has 0 atom stereocenters. The molecule has 0 unspecified atom stereocenters. The van der Waals surface area contributed by atoms with E-state index in [1.807, 2.05) is 42.6 Å². The highest BCUT2D eigenvalue weighted by atomic mass is 16.3. The molecule has 262 valence electrons. The Kier molecular flexibility index (Phi) is 7.42. The van der Waals surface area contributed by atoms with Gasteiger partial charge in [0.05, 0.1) is 28.8 Å². The van der Waals surface area contributed by atoms with E-state index >= 15 is 0 Å². The van der Waals surface area contributed by atoms with E-state index in [9.17, 15) is 0 Å². The molecule has 0 radical (unpaired) electrons. The van der Waals surface area contributed by atoms with E-state index in [1.54, 1.807) is 0 Å². The summed E-state index contributed by atoms with van der Waals surface area (Å²) in [5.74, 6) is 0.651. The molecule has 0 saturated heterocycles. The molecule has 56 heavy (non-hydrogen) atoms. The number of hydrogen-bond acceptors (Lipinski definition) is 4. The van der Waals surface area contributed by atoms with Crippen LogP contribution >= 0.6 is 0 Å². The molecule has 0 bridgehead atoms. The molecule has 7 aromatic carbocycles. The van der Waals surface area contributed by atoms with E-state index in [1.165, 1.54) is 0 Å². The van der Waals surface area contributed by atoms with Gasteiger partial charge in [0.25, 0.3) is 0 Å². The summed E-state index contributed by atoms with van der Waals surface area (Å²) < 4.78 is 8.63. The van der Waals surface area contributed by atoms with Crippen molar-refractivity contribution in [3.63, 3.8) is 0 Å². The van der Waals surface area contributed by atoms with Crippen LogP contribution in [0, 0.1) is 0 Å². The Bertz CT molecular complexity index is 3240. The van der Waals surface area contributed by atoms with Gasteiger partial charge in [0.1, 0.15) is 11.2 Å². The van der Waals surface area contributed by atoms with Crippen molar-refractivity contribution in [1.82, 2.24) is 19.6 Å². The van der Waals surface area contributed by atoms with Crippen LogP contribution in [0.1, 0.15) is 0 Å². The molecule has 11 rings (SSSR count). The lowest BCUT2D eigenvalue weighted by Gasteiger charge is -2.18. The first-order valence-corrected chi connectivity index (χ1v) is 18.8. The Hall–Kier alpha value is -7.63. The van der Waals surface area contributed by atoms with Crippen molar-refractivity contribution in [3.05, 3.63) is 194 Å². The maximum absolute atomic E-state index is 6.50. The van der Waals surface area contributed by atoms with Crippen LogP contribution in [-0.4, -0.2) is 19.6 Å². The summed E-state index contributed by atoms with van der Waals surface area (Å²) in [5.41, 5.74) is 13.7. The number of hydrogen-bond donors (Lipinski definition) is 0. The van der Waals surface area contributed by atoms with Gasteiger partial charge in [-0.1, -0.05) is 164 Å². The first kappa shape index (κ1) is 31.9. The molecule has 0 saturated carbocycles. The fourth-order valence-corrected chi connectivity index (χ4v) is 8.13. The van der Waals surface area contributed by atoms with Crippen LogP contribution in [0.5, 0.6) is 0 Å². The van der Waals surface area contributed by atoms with Crippen molar-refractivity contribution in [2.75, 3.05) is 0 Å². The van der Waals surface area contributed by atoms with Gasteiger partial charge < -0.3 is 4.42 Å². The minimum Gasteiger partial charge on any atom is -0.455 e. The molecule has 5 nitrogen and oxygen atoms in total.